The molecule has 1 aromatic heterocycles. The summed E-state index contributed by atoms with van der Waals surface area (Å²) in [5, 5.41) is 2.93. The summed E-state index contributed by atoms with van der Waals surface area (Å²) in [5.74, 6) is 1.97. The van der Waals surface area contributed by atoms with Crippen molar-refractivity contribution in [1.82, 2.24) is 9.55 Å². The number of nitrogens with zero attached hydrogens (tertiary/aromatic N) is 3. The van der Waals surface area contributed by atoms with E-state index in [0.29, 0.717) is 11.5 Å². The number of nitrogens with one attached hydrogen (secondary N) is 1. The Hall–Kier alpha value is -4.00. The first-order valence-electron chi connectivity index (χ1n) is 11.1. The number of carbonyl (C=O) groups excluding carboxylic acids is 1. The molecule has 5 rings (SSSR count). The van der Waals surface area contributed by atoms with E-state index < -0.39 is 0 Å². The second-order valence-corrected chi connectivity index (χ2v) is 7.98. The van der Waals surface area contributed by atoms with Crippen molar-refractivity contribution in [2.45, 2.75) is 19.5 Å². The minimum Gasteiger partial charge on any atom is -0.493 e. The number of rotatable bonds is 6. The van der Waals surface area contributed by atoms with Crippen LogP contribution < -0.4 is 19.7 Å². The first-order chi connectivity index (χ1) is 16.2. The molecule has 0 saturated carbocycles. The number of imidazole rings is 1. The van der Waals surface area contributed by atoms with Gasteiger partial charge in [-0.1, -0.05) is 30.3 Å². The fraction of sp³-hybridized carbons (Fsp3) is 0.231. The number of methoxy groups -OCH3 is 1. The van der Waals surface area contributed by atoms with Gasteiger partial charge in [-0.2, -0.15) is 0 Å². The van der Waals surface area contributed by atoms with Gasteiger partial charge < -0.3 is 24.3 Å². The topological polar surface area (TPSA) is 68.6 Å². The smallest absolute Gasteiger partial charge is 0.262 e. The van der Waals surface area contributed by atoms with E-state index in [0.717, 1.165) is 48.8 Å². The van der Waals surface area contributed by atoms with Gasteiger partial charge in [0.25, 0.3) is 5.91 Å². The van der Waals surface area contributed by atoms with Crippen molar-refractivity contribution in [3.8, 4) is 11.5 Å². The summed E-state index contributed by atoms with van der Waals surface area (Å²) in [6, 6.07) is 23.5. The molecule has 0 spiro atoms. The summed E-state index contributed by atoms with van der Waals surface area (Å²) >= 11 is 0. The SMILES string of the molecule is COc1ccccc1OCC(=O)Nc1cccc(N2CCCn3c(nc4ccccc43)C2)c1. The first kappa shape index (κ1) is 20.9. The molecule has 1 aliphatic rings. The molecule has 1 aliphatic heterocycles. The number of aryl methyl sites for hydroxylation is 1. The molecule has 33 heavy (non-hydrogen) atoms. The van der Waals surface area contributed by atoms with Crippen LogP contribution in [0.15, 0.2) is 72.8 Å². The molecule has 7 nitrogen and oxygen atoms in total. The lowest BCUT2D eigenvalue weighted by Crippen LogP contribution is -2.24. The maximum absolute atomic E-state index is 12.5. The Bertz CT molecular complexity index is 1280. The van der Waals surface area contributed by atoms with Crippen LogP contribution in [-0.4, -0.2) is 35.7 Å². The standard InChI is InChI=1S/C26H26N4O3/c1-32-23-12-4-5-13-24(23)33-18-26(31)27-19-8-6-9-20(16-19)29-14-7-15-30-22-11-3-2-10-21(22)28-25(30)17-29/h2-6,8-13,16H,7,14-15,17-18H2,1H3,(H,27,31). The molecule has 7 heteroatoms. The molecule has 0 radical (unpaired) electrons. The predicted molar refractivity (Wildman–Crippen MR) is 129 cm³/mol. The van der Waals surface area contributed by atoms with E-state index in [-0.39, 0.29) is 12.5 Å². The van der Waals surface area contributed by atoms with Gasteiger partial charge in [-0.3, -0.25) is 4.79 Å². The summed E-state index contributed by atoms with van der Waals surface area (Å²) in [4.78, 5) is 19.7. The van der Waals surface area contributed by atoms with Gasteiger partial charge in [-0.25, -0.2) is 4.98 Å². The minimum atomic E-state index is -0.226. The van der Waals surface area contributed by atoms with E-state index >= 15 is 0 Å². The molecular weight excluding hydrogens is 416 g/mol. The molecule has 1 N–H and O–H groups in total. The number of ether oxygens (including phenoxy) is 2. The highest BCUT2D eigenvalue weighted by Gasteiger charge is 2.19. The number of anilines is 2. The third-order valence-corrected chi connectivity index (χ3v) is 5.80. The van der Waals surface area contributed by atoms with Crippen molar-refractivity contribution < 1.29 is 14.3 Å². The normalized spacial score (nSPS) is 13.3. The quantitative estimate of drug-likeness (QED) is 0.477. The summed E-state index contributed by atoms with van der Waals surface area (Å²) < 4.78 is 13.2. The molecule has 0 saturated heterocycles. The number of para-hydroxylation sites is 4. The number of aromatic nitrogens is 2. The summed E-state index contributed by atoms with van der Waals surface area (Å²) in [6.07, 6.45) is 1.02. The molecule has 0 atom stereocenters. The number of amides is 1. The zero-order valence-electron chi connectivity index (χ0n) is 18.5. The van der Waals surface area contributed by atoms with E-state index in [1.807, 2.05) is 36.4 Å². The fourth-order valence-corrected chi connectivity index (χ4v) is 4.24. The second kappa shape index (κ2) is 9.24. The average Bonchev–Trinajstić information content (AvgIpc) is 3.05. The molecule has 2 heterocycles. The van der Waals surface area contributed by atoms with Gasteiger partial charge in [0.05, 0.1) is 24.7 Å². The van der Waals surface area contributed by atoms with Crippen molar-refractivity contribution in [3.63, 3.8) is 0 Å². The molecule has 0 bridgehead atoms. The Morgan fingerprint density at radius 2 is 1.82 bits per heavy atom. The Morgan fingerprint density at radius 1 is 1.00 bits per heavy atom. The molecular formula is C26H26N4O3. The molecule has 0 fully saturated rings. The Labute approximate surface area is 192 Å². The van der Waals surface area contributed by atoms with Crippen LogP contribution in [0.1, 0.15) is 12.2 Å². The van der Waals surface area contributed by atoms with E-state index in [2.05, 4.69) is 39.0 Å². The molecule has 0 aliphatic carbocycles. The van der Waals surface area contributed by atoms with Crippen LogP contribution in [0.25, 0.3) is 11.0 Å². The fourth-order valence-electron chi connectivity index (χ4n) is 4.24. The monoisotopic (exact) mass is 442 g/mol. The largest absolute Gasteiger partial charge is 0.493 e. The van der Waals surface area contributed by atoms with Crippen LogP contribution in [0.3, 0.4) is 0 Å². The third-order valence-electron chi connectivity index (χ3n) is 5.80. The summed E-state index contributed by atoms with van der Waals surface area (Å²) in [6.45, 7) is 2.50. The molecule has 0 unspecified atom stereocenters. The zero-order chi connectivity index (χ0) is 22.6. The lowest BCUT2D eigenvalue weighted by molar-refractivity contribution is -0.118. The number of hydrogen-bond donors (Lipinski definition) is 1. The highest BCUT2D eigenvalue weighted by atomic mass is 16.5. The van der Waals surface area contributed by atoms with E-state index in [1.54, 1.807) is 19.2 Å². The van der Waals surface area contributed by atoms with Crippen LogP contribution in [0.4, 0.5) is 11.4 Å². The van der Waals surface area contributed by atoms with Crippen LogP contribution in [0.2, 0.25) is 0 Å². The third kappa shape index (κ3) is 4.48. The van der Waals surface area contributed by atoms with Crippen molar-refractivity contribution in [2.75, 3.05) is 30.5 Å². The number of hydrogen-bond acceptors (Lipinski definition) is 5. The number of fused-ring (bicyclic) bond motifs is 3. The lowest BCUT2D eigenvalue weighted by Gasteiger charge is -2.22. The van der Waals surface area contributed by atoms with Crippen LogP contribution in [0.5, 0.6) is 11.5 Å². The second-order valence-electron chi connectivity index (χ2n) is 7.98. The van der Waals surface area contributed by atoms with Gasteiger partial charge in [-0.05, 0) is 48.9 Å². The van der Waals surface area contributed by atoms with E-state index in [9.17, 15) is 4.79 Å². The van der Waals surface area contributed by atoms with Gasteiger partial charge in [0.2, 0.25) is 0 Å². The summed E-state index contributed by atoms with van der Waals surface area (Å²) in [5.41, 5.74) is 4.01. The van der Waals surface area contributed by atoms with Gasteiger partial charge in [-0.15, -0.1) is 0 Å². The Kier molecular flexibility index (Phi) is 5.85. The molecule has 4 aromatic rings. The minimum absolute atomic E-state index is 0.0989. The van der Waals surface area contributed by atoms with Crippen LogP contribution >= 0.6 is 0 Å². The van der Waals surface area contributed by atoms with Crippen molar-refractivity contribution in [2.24, 2.45) is 0 Å². The van der Waals surface area contributed by atoms with Crippen molar-refractivity contribution in [1.29, 1.82) is 0 Å². The number of carbonyl (C=O) groups is 1. The highest BCUT2D eigenvalue weighted by molar-refractivity contribution is 5.92. The van der Waals surface area contributed by atoms with Gasteiger partial charge in [0.15, 0.2) is 18.1 Å². The average molecular weight is 443 g/mol. The molecule has 3 aromatic carbocycles. The maximum atomic E-state index is 12.5. The van der Waals surface area contributed by atoms with Gasteiger partial charge in [0.1, 0.15) is 5.82 Å². The lowest BCUT2D eigenvalue weighted by atomic mass is 10.2. The van der Waals surface area contributed by atoms with E-state index in [4.69, 9.17) is 14.5 Å². The Balaban J connectivity index is 1.27. The zero-order valence-corrected chi connectivity index (χ0v) is 18.5. The van der Waals surface area contributed by atoms with Crippen LogP contribution in [-0.2, 0) is 17.9 Å². The highest BCUT2D eigenvalue weighted by Crippen LogP contribution is 2.27. The molecule has 1 amide bonds. The van der Waals surface area contributed by atoms with Crippen molar-refractivity contribution in [3.05, 3.63) is 78.6 Å². The van der Waals surface area contributed by atoms with Gasteiger partial charge >= 0.3 is 0 Å². The predicted octanol–water partition coefficient (Wildman–Crippen LogP) is 4.47. The molecule has 168 valence electrons. The van der Waals surface area contributed by atoms with Crippen LogP contribution in [0, 0.1) is 0 Å². The van der Waals surface area contributed by atoms with Crippen molar-refractivity contribution >= 4 is 28.3 Å². The first-order valence-corrected chi connectivity index (χ1v) is 11.1. The summed E-state index contributed by atoms with van der Waals surface area (Å²) in [7, 11) is 1.58. The maximum Gasteiger partial charge on any atom is 0.262 e. The number of benzene rings is 3. The van der Waals surface area contributed by atoms with E-state index in [1.165, 1.54) is 5.52 Å². The van der Waals surface area contributed by atoms with Gasteiger partial charge in [0, 0.05) is 24.5 Å². The Morgan fingerprint density at radius 3 is 2.70 bits per heavy atom.